The van der Waals surface area contributed by atoms with E-state index < -0.39 is 10.0 Å². The summed E-state index contributed by atoms with van der Waals surface area (Å²) in [6, 6.07) is 19.8. The summed E-state index contributed by atoms with van der Waals surface area (Å²) in [5.74, 6) is 0.244. The zero-order valence-electron chi connectivity index (χ0n) is 15.5. The monoisotopic (exact) mass is 396 g/mol. The molecule has 144 valence electrons. The van der Waals surface area contributed by atoms with Gasteiger partial charge in [-0.2, -0.15) is 0 Å². The fourth-order valence-electron chi connectivity index (χ4n) is 2.60. The van der Waals surface area contributed by atoms with Gasteiger partial charge in [0.15, 0.2) is 0 Å². The molecule has 0 heterocycles. The van der Waals surface area contributed by atoms with Crippen LogP contribution in [0.4, 0.5) is 11.4 Å². The Kier molecular flexibility index (Phi) is 5.65. The van der Waals surface area contributed by atoms with Gasteiger partial charge in [0.1, 0.15) is 5.75 Å². The SMILES string of the molecule is COc1ccc(S(=O)(=O)Nc2cccc(C(=O)Nc3ccccc3C)c2)cc1. The maximum absolute atomic E-state index is 12.6. The molecule has 6 nitrogen and oxygen atoms in total. The predicted molar refractivity (Wildman–Crippen MR) is 109 cm³/mol. The van der Waals surface area contributed by atoms with Crippen molar-refractivity contribution in [1.29, 1.82) is 0 Å². The van der Waals surface area contributed by atoms with Crippen LogP contribution < -0.4 is 14.8 Å². The zero-order valence-corrected chi connectivity index (χ0v) is 16.3. The number of benzene rings is 3. The van der Waals surface area contributed by atoms with Crippen molar-refractivity contribution in [3.05, 3.63) is 83.9 Å². The van der Waals surface area contributed by atoms with Gasteiger partial charge < -0.3 is 10.1 Å². The van der Waals surface area contributed by atoms with Crippen LogP contribution in [0.1, 0.15) is 15.9 Å². The molecular formula is C21H20N2O4S. The Labute approximate surface area is 164 Å². The van der Waals surface area contributed by atoms with Crippen molar-refractivity contribution in [3.63, 3.8) is 0 Å². The Hall–Kier alpha value is -3.32. The van der Waals surface area contributed by atoms with E-state index in [9.17, 15) is 13.2 Å². The number of sulfonamides is 1. The van der Waals surface area contributed by atoms with E-state index in [2.05, 4.69) is 10.0 Å². The average Bonchev–Trinajstić information content (AvgIpc) is 2.69. The van der Waals surface area contributed by atoms with Crippen LogP contribution in [0.15, 0.2) is 77.7 Å². The summed E-state index contributed by atoms with van der Waals surface area (Å²) in [6.45, 7) is 1.90. The smallest absolute Gasteiger partial charge is 0.261 e. The first-order valence-electron chi connectivity index (χ1n) is 8.53. The second-order valence-electron chi connectivity index (χ2n) is 6.13. The number of anilines is 2. The van der Waals surface area contributed by atoms with Crippen molar-refractivity contribution in [2.45, 2.75) is 11.8 Å². The van der Waals surface area contributed by atoms with Crippen LogP contribution in [0, 0.1) is 6.92 Å². The highest BCUT2D eigenvalue weighted by molar-refractivity contribution is 7.92. The molecule has 28 heavy (non-hydrogen) atoms. The summed E-state index contributed by atoms with van der Waals surface area (Å²) >= 11 is 0. The Morgan fingerprint density at radius 2 is 1.64 bits per heavy atom. The van der Waals surface area contributed by atoms with E-state index >= 15 is 0 Å². The summed E-state index contributed by atoms with van der Waals surface area (Å²) in [4.78, 5) is 12.6. The number of methoxy groups -OCH3 is 1. The van der Waals surface area contributed by atoms with E-state index in [0.29, 0.717) is 22.7 Å². The summed E-state index contributed by atoms with van der Waals surface area (Å²) < 4.78 is 32.7. The Morgan fingerprint density at radius 1 is 0.929 bits per heavy atom. The fourth-order valence-corrected chi connectivity index (χ4v) is 3.65. The minimum atomic E-state index is -3.78. The van der Waals surface area contributed by atoms with E-state index in [0.717, 1.165) is 5.56 Å². The molecule has 2 N–H and O–H groups in total. The third-order valence-electron chi connectivity index (χ3n) is 4.14. The first kappa shape index (κ1) is 19.4. The molecule has 1 amide bonds. The number of nitrogens with one attached hydrogen (secondary N) is 2. The topological polar surface area (TPSA) is 84.5 Å². The van der Waals surface area contributed by atoms with Gasteiger partial charge >= 0.3 is 0 Å². The molecule has 0 bridgehead atoms. The summed E-state index contributed by atoms with van der Waals surface area (Å²) in [6.07, 6.45) is 0. The first-order chi connectivity index (χ1) is 13.4. The van der Waals surface area contributed by atoms with Crippen molar-refractivity contribution >= 4 is 27.3 Å². The minimum Gasteiger partial charge on any atom is -0.497 e. The number of carbonyl (C=O) groups excluding carboxylic acids is 1. The number of hydrogen-bond donors (Lipinski definition) is 2. The molecule has 0 saturated heterocycles. The Balaban J connectivity index is 1.78. The van der Waals surface area contributed by atoms with Crippen molar-refractivity contribution in [1.82, 2.24) is 0 Å². The molecule has 0 unspecified atom stereocenters. The molecule has 0 aliphatic heterocycles. The first-order valence-corrected chi connectivity index (χ1v) is 10.0. The maximum Gasteiger partial charge on any atom is 0.261 e. The number of aryl methyl sites for hydroxylation is 1. The molecule has 3 aromatic carbocycles. The maximum atomic E-state index is 12.6. The molecule has 0 atom stereocenters. The molecule has 3 aromatic rings. The van der Waals surface area contributed by atoms with Gasteiger partial charge in [0.25, 0.3) is 15.9 Å². The lowest BCUT2D eigenvalue weighted by Gasteiger charge is -2.11. The van der Waals surface area contributed by atoms with Crippen molar-refractivity contribution in [2.24, 2.45) is 0 Å². The molecule has 0 spiro atoms. The van der Waals surface area contributed by atoms with Crippen LogP contribution in [0.3, 0.4) is 0 Å². The Bertz CT molecular complexity index is 1090. The van der Waals surface area contributed by atoms with E-state index in [1.165, 1.54) is 25.3 Å². The highest BCUT2D eigenvalue weighted by atomic mass is 32.2. The highest BCUT2D eigenvalue weighted by Gasteiger charge is 2.15. The molecular weight excluding hydrogens is 376 g/mol. The number of amides is 1. The third kappa shape index (κ3) is 4.50. The molecule has 0 aliphatic carbocycles. The number of ether oxygens (including phenoxy) is 1. The van der Waals surface area contributed by atoms with Gasteiger partial charge in [-0.3, -0.25) is 9.52 Å². The molecule has 3 rings (SSSR count). The van der Waals surface area contributed by atoms with Gasteiger partial charge in [0.2, 0.25) is 0 Å². The number of rotatable bonds is 6. The summed E-state index contributed by atoms with van der Waals surface area (Å²) in [5, 5.41) is 2.83. The van der Waals surface area contributed by atoms with E-state index in [1.807, 2.05) is 31.2 Å². The number of carbonyl (C=O) groups is 1. The largest absolute Gasteiger partial charge is 0.497 e. The molecule has 0 saturated carbocycles. The normalized spacial score (nSPS) is 10.9. The standard InChI is InChI=1S/C21H20N2O4S/c1-15-6-3-4-9-20(15)22-21(24)16-7-5-8-17(14-16)23-28(25,26)19-12-10-18(27-2)11-13-19/h3-14,23H,1-2H3,(H,22,24). The number of hydrogen-bond acceptors (Lipinski definition) is 4. The third-order valence-corrected chi connectivity index (χ3v) is 5.54. The van der Waals surface area contributed by atoms with Crippen molar-refractivity contribution in [3.8, 4) is 5.75 Å². The van der Waals surface area contributed by atoms with Crippen LogP contribution >= 0.6 is 0 Å². The molecule has 0 fully saturated rings. The second kappa shape index (κ2) is 8.14. The van der Waals surface area contributed by atoms with Crippen LogP contribution in [-0.4, -0.2) is 21.4 Å². The molecule has 7 heteroatoms. The van der Waals surface area contributed by atoms with Gasteiger partial charge in [0, 0.05) is 16.9 Å². The van der Waals surface area contributed by atoms with Gasteiger partial charge in [-0.1, -0.05) is 24.3 Å². The van der Waals surface area contributed by atoms with Gasteiger partial charge in [0.05, 0.1) is 12.0 Å². The highest BCUT2D eigenvalue weighted by Crippen LogP contribution is 2.21. The van der Waals surface area contributed by atoms with Crippen molar-refractivity contribution < 1.29 is 17.9 Å². The molecule has 0 aliphatic rings. The fraction of sp³-hybridized carbons (Fsp3) is 0.0952. The van der Waals surface area contributed by atoms with E-state index in [1.54, 1.807) is 30.3 Å². The lowest BCUT2D eigenvalue weighted by Crippen LogP contribution is -2.15. The average molecular weight is 396 g/mol. The predicted octanol–water partition coefficient (Wildman–Crippen LogP) is 4.06. The van der Waals surface area contributed by atoms with Crippen molar-refractivity contribution in [2.75, 3.05) is 17.1 Å². The van der Waals surface area contributed by atoms with Crippen LogP contribution in [0.5, 0.6) is 5.75 Å². The van der Waals surface area contributed by atoms with Gasteiger partial charge in [-0.15, -0.1) is 0 Å². The lowest BCUT2D eigenvalue weighted by atomic mass is 10.1. The van der Waals surface area contributed by atoms with Crippen LogP contribution in [0.2, 0.25) is 0 Å². The van der Waals surface area contributed by atoms with Crippen LogP contribution in [0.25, 0.3) is 0 Å². The molecule has 0 aromatic heterocycles. The number of para-hydroxylation sites is 1. The van der Waals surface area contributed by atoms with E-state index in [-0.39, 0.29) is 10.8 Å². The van der Waals surface area contributed by atoms with E-state index in [4.69, 9.17) is 4.74 Å². The minimum absolute atomic E-state index is 0.100. The summed E-state index contributed by atoms with van der Waals surface area (Å²) in [7, 11) is -2.27. The zero-order chi connectivity index (χ0) is 20.1. The van der Waals surface area contributed by atoms with Gasteiger partial charge in [-0.25, -0.2) is 8.42 Å². The Morgan fingerprint density at radius 3 is 2.32 bits per heavy atom. The molecule has 0 radical (unpaired) electrons. The summed E-state index contributed by atoms with van der Waals surface area (Å²) in [5.41, 5.74) is 2.29. The lowest BCUT2D eigenvalue weighted by molar-refractivity contribution is 0.102. The van der Waals surface area contributed by atoms with Gasteiger partial charge in [-0.05, 0) is 61.0 Å². The van der Waals surface area contributed by atoms with Crippen LogP contribution in [-0.2, 0) is 10.0 Å². The second-order valence-corrected chi connectivity index (χ2v) is 7.81. The quantitative estimate of drug-likeness (QED) is 0.658.